The molecule has 0 aromatic heterocycles. The molecule has 9 heteroatoms. The number of nitro benzene ring substituents is 1. The topological polar surface area (TPSA) is 113 Å². The number of carbonyl (C=O) groups is 3. The fourth-order valence-corrected chi connectivity index (χ4v) is 2.47. The summed E-state index contributed by atoms with van der Waals surface area (Å²) in [5.74, 6) is -1.57. The predicted octanol–water partition coefficient (Wildman–Crippen LogP) is 1.53. The molecule has 0 unspecified atom stereocenters. The molecule has 1 fully saturated rings. The molecule has 0 spiro atoms. The minimum atomic E-state index is -0.830. The molecule has 1 N–H and O–H groups in total. The van der Waals surface area contributed by atoms with Crippen LogP contribution in [0.3, 0.4) is 0 Å². The van der Waals surface area contributed by atoms with Gasteiger partial charge in [-0.05, 0) is 26.0 Å². The Morgan fingerprint density at radius 2 is 1.88 bits per heavy atom. The maximum atomic E-state index is 12.5. The second kappa shape index (κ2) is 6.71. The number of barbiturate groups is 1. The molecular weight excluding hydrogens is 328 g/mol. The third kappa shape index (κ3) is 3.49. The third-order valence-electron chi connectivity index (χ3n) is 3.65. The Kier molecular flexibility index (Phi) is 4.87. The summed E-state index contributed by atoms with van der Waals surface area (Å²) in [4.78, 5) is 49.5. The fourth-order valence-electron chi connectivity index (χ4n) is 2.47. The van der Waals surface area contributed by atoms with Crippen molar-refractivity contribution in [1.29, 1.82) is 0 Å². The highest BCUT2D eigenvalue weighted by molar-refractivity contribution is 6.31. The average molecular weight is 346 g/mol. The quantitative estimate of drug-likeness (QED) is 0.383. The summed E-state index contributed by atoms with van der Waals surface area (Å²) in [7, 11) is 3.46. The summed E-state index contributed by atoms with van der Waals surface area (Å²) in [5, 5.41) is 13.1. The van der Waals surface area contributed by atoms with Gasteiger partial charge in [-0.15, -0.1) is 0 Å². The monoisotopic (exact) mass is 346 g/mol. The van der Waals surface area contributed by atoms with Crippen LogP contribution in [0.15, 0.2) is 23.8 Å². The van der Waals surface area contributed by atoms with E-state index >= 15 is 0 Å². The highest BCUT2D eigenvalue weighted by Crippen LogP contribution is 2.27. The van der Waals surface area contributed by atoms with E-state index in [0.29, 0.717) is 11.3 Å². The lowest BCUT2D eigenvalue weighted by atomic mass is 10.0. The molecule has 1 saturated heterocycles. The molecule has 132 valence electrons. The lowest BCUT2D eigenvalue weighted by Crippen LogP contribution is -2.56. The van der Waals surface area contributed by atoms with E-state index in [1.54, 1.807) is 32.8 Å². The van der Waals surface area contributed by atoms with E-state index in [1.807, 2.05) is 0 Å². The van der Waals surface area contributed by atoms with Gasteiger partial charge in [0, 0.05) is 43.5 Å². The molecule has 1 aliphatic heterocycles. The van der Waals surface area contributed by atoms with Crippen molar-refractivity contribution in [3.63, 3.8) is 0 Å². The number of nitro groups is 1. The van der Waals surface area contributed by atoms with Crippen molar-refractivity contribution in [2.24, 2.45) is 0 Å². The number of nitrogens with one attached hydrogen (secondary N) is 1. The Labute approximate surface area is 144 Å². The molecule has 1 aromatic carbocycles. The average Bonchev–Trinajstić information content (AvgIpc) is 2.50. The van der Waals surface area contributed by atoms with Crippen LogP contribution in [0.1, 0.15) is 19.4 Å². The Morgan fingerprint density at radius 1 is 1.24 bits per heavy atom. The van der Waals surface area contributed by atoms with Gasteiger partial charge in [0.2, 0.25) is 0 Å². The summed E-state index contributed by atoms with van der Waals surface area (Å²) < 4.78 is 0. The largest absolute Gasteiger partial charge is 0.377 e. The molecule has 0 radical (unpaired) electrons. The van der Waals surface area contributed by atoms with Gasteiger partial charge in [-0.1, -0.05) is 0 Å². The SMILES string of the molecule is CC(C)N1C(=O)NC(=O)/C(=C/c2cc([N+](=O)[O-])ccc2N(C)C)C1=O. The van der Waals surface area contributed by atoms with Crippen LogP contribution < -0.4 is 10.2 Å². The van der Waals surface area contributed by atoms with E-state index in [1.165, 1.54) is 24.3 Å². The molecule has 9 nitrogen and oxygen atoms in total. The number of hydrogen-bond acceptors (Lipinski definition) is 6. The summed E-state index contributed by atoms with van der Waals surface area (Å²) in [6.07, 6.45) is 1.27. The normalized spacial score (nSPS) is 16.4. The van der Waals surface area contributed by atoms with E-state index in [4.69, 9.17) is 0 Å². The molecule has 4 amide bonds. The first-order valence-electron chi connectivity index (χ1n) is 7.49. The molecule has 1 aliphatic rings. The Hall–Kier alpha value is -3.23. The zero-order valence-electron chi connectivity index (χ0n) is 14.3. The second-order valence-corrected chi connectivity index (χ2v) is 5.98. The van der Waals surface area contributed by atoms with E-state index in [2.05, 4.69) is 5.32 Å². The van der Waals surface area contributed by atoms with E-state index in [-0.39, 0.29) is 11.3 Å². The van der Waals surface area contributed by atoms with Crippen LogP contribution in [0.4, 0.5) is 16.2 Å². The number of non-ortho nitro benzene ring substituents is 1. The van der Waals surface area contributed by atoms with Gasteiger partial charge in [0.1, 0.15) is 5.57 Å². The number of nitrogens with zero attached hydrogens (tertiary/aromatic N) is 3. The van der Waals surface area contributed by atoms with Crippen molar-refractivity contribution in [2.45, 2.75) is 19.9 Å². The summed E-state index contributed by atoms with van der Waals surface area (Å²) in [6.45, 7) is 3.28. The van der Waals surface area contributed by atoms with Crippen molar-refractivity contribution in [3.05, 3.63) is 39.4 Å². The van der Waals surface area contributed by atoms with Crippen molar-refractivity contribution in [2.75, 3.05) is 19.0 Å². The Balaban J connectivity index is 2.59. The van der Waals surface area contributed by atoms with Gasteiger partial charge in [0.25, 0.3) is 17.5 Å². The van der Waals surface area contributed by atoms with Crippen LogP contribution in [0.2, 0.25) is 0 Å². The molecule has 0 saturated carbocycles. The second-order valence-electron chi connectivity index (χ2n) is 5.98. The Bertz CT molecular complexity index is 798. The number of amides is 4. The first-order valence-corrected chi connectivity index (χ1v) is 7.49. The van der Waals surface area contributed by atoms with Gasteiger partial charge in [-0.2, -0.15) is 0 Å². The van der Waals surface area contributed by atoms with Crippen LogP contribution >= 0.6 is 0 Å². The van der Waals surface area contributed by atoms with E-state index < -0.39 is 28.8 Å². The Morgan fingerprint density at radius 3 is 2.40 bits per heavy atom. The maximum Gasteiger partial charge on any atom is 0.331 e. The molecule has 1 aromatic rings. The number of imide groups is 2. The molecule has 1 heterocycles. The van der Waals surface area contributed by atoms with Gasteiger partial charge < -0.3 is 4.90 Å². The summed E-state index contributed by atoms with van der Waals surface area (Å²) in [5.41, 5.74) is 0.497. The summed E-state index contributed by atoms with van der Waals surface area (Å²) in [6, 6.07) is 2.92. The van der Waals surface area contributed by atoms with Gasteiger partial charge in [0.05, 0.1) is 4.92 Å². The standard InChI is InChI=1S/C16H18N4O5/c1-9(2)19-15(22)12(14(21)17-16(19)23)8-10-7-11(20(24)25)5-6-13(10)18(3)4/h5-9H,1-4H3,(H,17,21,23)/b12-8-. The lowest BCUT2D eigenvalue weighted by molar-refractivity contribution is -0.384. The number of hydrogen-bond donors (Lipinski definition) is 1. The number of rotatable bonds is 4. The van der Waals surface area contributed by atoms with Crippen molar-refractivity contribution in [1.82, 2.24) is 10.2 Å². The lowest BCUT2D eigenvalue weighted by Gasteiger charge is -2.29. The minimum Gasteiger partial charge on any atom is -0.377 e. The number of urea groups is 1. The minimum absolute atomic E-state index is 0.169. The fraction of sp³-hybridized carbons (Fsp3) is 0.312. The molecule has 0 bridgehead atoms. The van der Waals surface area contributed by atoms with E-state index in [9.17, 15) is 24.5 Å². The van der Waals surface area contributed by atoms with E-state index in [0.717, 1.165) is 4.90 Å². The maximum absolute atomic E-state index is 12.5. The van der Waals surface area contributed by atoms with Crippen LogP contribution in [0.5, 0.6) is 0 Å². The van der Waals surface area contributed by atoms with Crippen molar-refractivity contribution >= 4 is 35.3 Å². The van der Waals surface area contributed by atoms with Crippen LogP contribution in [-0.2, 0) is 9.59 Å². The smallest absolute Gasteiger partial charge is 0.331 e. The number of anilines is 1. The molecule has 2 rings (SSSR count). The van der Waals surface area contributed by atoms with Crippen LogP contribution in [-0.4, -0.2) is 47.8 Å². The molecule has 0 atom stereocenters. The molecule has 25 heavy (non-hydrogen) atoms. The molecular formula is C16H18N4O5. The highest BCUT2D eigenvalue weighted by atomic mass is 16.6. The van der Waals surface area contributed by atoms with Gasteiger partial charge in [-0.25, -0.2) is 4.79 Å². The summed E-state index contributed by atoms with van der Waals surface area (Å²) >= 11 is 0. The highest BCUT2D eigenvalue weighted by Gasteiger charge is 2.37. The van der Waals surface area contributed by atoms with Crippen LogP contribution in [0.25, 0.3) is 6.08 Å². The number of carbonyl (C=O) groups excluding carboxylic acids is 3. The van der Waals surface area contributed by atoms with Crippen molar-refractivity contribution in [3.8, 4) is 0 Å². The zero-order chi connectivity index (χ0) is 18.9. The van der Waals surface area contributed by atoms with Gasteiger partial charge in [-0.3, -0.25) is 29.9 Å². The molecule has 0 aliphatic carbocycles. The number of benzene rings is 1. The van der Waals surface area contributed by atoms with Gasteiger partial charge in [0.15, 0.2) is 0 Å². The van der Waals surface area contributed by atoms with Gasteiger partial charge >= 0.3 is 6.03 Å². The first-order chi connectivity index (χ1) is 11.6. The van der Waals surface area contributed by atoms with Crippen LogP contribution in [0, 0.1) is 10.1 Å². The van der Waals surface area contributed by atoms with Crippen molar-refractivity contribution < 1.29 is 19.3 Å². The first kappa shape index (κ1) is 18.1. The predicted molar refractivity (Wildman–Crippen MR) is 90.9 cm³/mol. The zero-order valence-corrected chi connectivity index (χ0v) is 14.3. The third-order valence-corrected chi connectivity index (χ3v) is 3.65.